The van der Waals surface area contributed by atoms with Gasteiger partial charge in [-0.2, -0.15) is 5.10 Å². The Morgan fingerprint density at radius 3 is 2.76 bits per heavy atom. The molecule has 1 amide bonds. The van der Waals surface area contributed by atoms with Crippen LogP contribution in [0.2, 0.25) is 0 Å². The first-order chi connectivity index (χ1) is 17.9. The monoisotopic (exact) mass is 523 g/mol. The van der Waals surface area contributed by atoms with Crippen molar-refractivity contribution >= 4 is 23.6 Å². The lowest BCUT2D eigenvalue weighted by Gasteiger charge is -2.40. The summed E-state index contributed by atoms with van der Waals surface area (Å²) >= 11 is 1.60. The molecule has 0 radical (unpaired) electrons. The Kier molecular flexibility index (Phi) is 6.62. The molecule has 3 aliphatic heterocycles. The number of carbonyl (C=O) groups is 1. The van der Waals surface area contributed by atoms with Crippen LogP contribution in [0.4, 0.5) is 5.95 Å². The maximum Gasteiger partial charge on any atom is 0.271 e. The van der Waals surface area contributed by atoms with Gasteiger partial charge in [-0.25, -0.2) is 9.97 Å². The zero-order chi connectivity index (χ0) is 25.6. The molecule has 198 valence electrons. The van der Waals surface area contributed by atoms with E-state index in [-0.39, 0.29) is 22.8 Å². The molecule has 1 unspecified atom stereocenters. The molecule has 2 saturated heterocycles. The molecule has 37 heavy (non-hydrogen) atoms. The SMILES string of the molecule is CC1(C)Cc2cnc(N)nc2-c2n[nH]c(C(=O)NC3NC(CN4CCC(N5CCCCC5)CC4)=CS3)c21. The summed E-state index contributed by atoms with van der Waals surface area (Å²) in [6, 6.07) is 0.753. The number of nitrogens with one attached hydrogen (secondary N) is 3. The van der Waals surface area contributed by atoms with Gasteiger partial charge in [0, 0.05) is 43.1 Å². The molecule has 2 aromatic heterocycles. The van der Waals surface area contributed by atoms with Crippen molar-refractivity contribution in [3.05, 3.63) is 34.1 Å². The third-order valence-electron chi connectivity index (χ3n) is 8.19. The van der Waals surface area contributed by atoms with Crippen molar-refractivity contribution in [2.24, 2.45) is 0 Å². The maximum absolute atomic E-state index is 13.4. The Morgan fingerprint density at radius 2 is 1.97 bits per heavy atom. The van der Waals surface area contributed by atoms with Crippen LogP contribution in [-0.2, 0) is 11.8 Å². The van der Waals surface area contributed by atoms with E-state index >= 15 is 0 Å². The van der Waals surface area contributed by atoms with E-state index in [4.69, 9.17) is 5.73 Å². The summed E-state index contributed by atoms with van der Waals surface area (Å²) in [7, 11) is 0. The summed E-state index contributed by atoms with van der Waals surface area (Å²) in [5.74, 6) is 0.0357. The van der Waals surface area contributed by atoms with E-state index in [1.54, 1.807) is 18.0 Å². The summed E-state index contributed by atoms with van der Waals surface area (Å²) in [5.41, 5.74) is 10.3. The Balaban J connectivity index is 1.05. The van der Waals surface area contributed by atoms with Gasteiger partial charge in [0.2, 0.25) is 5.95 Å². The molecule has 5 N–H and O–H groups in total. The summed E-state index contributed by atoms with van der Waals surface area (Å²) in [5, 5.41) is 16.2. The normalized spacial score (nSPS) is 24.2. The third kappa shape index (κ3) is 4.96. The smallest absolute Gasteiger partial charge is 0.271 e. The number of aromatic amines is 1. The molecule has 0 bridgehead atoms. The molecule has 4 aliphatic rings. The molecule has 2 aromatic rings. The number of hydrogen-bond donors (Lipinski definition) is 4. The predicted octanol–water partition coefficient (Wildman–Crippen LogP) is 2.42. The fourth-order valence-electron chi connectivity index (χ4n) is 6.35. The van der Waals surface area contributed by atoms with Gasteiger partial charge in [-0.05, 0) is 61.6 Å². The van der Waals surface area contributed by atoms with Crippen LogP contribution in [0.25, 0.3) is 11.4 Å². The highest BCUT2D eigenvalue weighted by atomic mass is 32.2. The zero-order valence-corrected chi connectivity index (χ0v) is 22.5. The fraction of sp³-hybridized carbons (Fsp3) is 0.615. The minimum absolute atomic E-state index is 0.172. The van der Waals surface area contributed by atoms with E-state index in [9.17, 15) is 4.79 Å². The number of fused-ring (bicyclic) bond motifs is 3. The van der Waals surface area contributed by atoms with Gasteiger partial charge < -0.3 is 21.3 Å². The highest BCUT2D eigenvalue weighted by Crippen LogP contribution is 2.42. The Bertz CT molecular complexity index is 1190. The largest absolute Gasteiger partial charge is 0.368 e. The molecule has 0 spiro atoms. The Morgan fingerprint density at radius 1 is 1.19 bits per heavy atom. The second kappa shape index (κ2) is 9.92. The van der Waals surface area contributed by atoms with Gasteiger partial charge in [0.25, 0.3) is 5.91 Å². The molecule has 10 nitrogen and oxygen atoms in total. The molecular formula is C26H37N9OS. The highest BCUT2D eigenvalue weighted by Gasteiger charge is 2.39. The van der Waals surface area contributed by atoms with Crippen molar-refractivity contribution in [1.82, 2.24) is 40.6 Å². The van der Waals surface area contributed by atoms with E-state index in [1.165, 1.54) is 50.9 Å². The second-order valence-corrected chi connectivity index (χ2v) is 12.3. The Hall–Kier alpha value is -2.63. The van der Waals surface area contributed by atoms with E-state index in [0.717, 1.165) is 36.8 Å². The van der Waals surface area contributed by atoms with Gasteiger partial charge in [0.1, 0.15) is 11.4 Å². The van der Waals surface area contributed by atoms with Crippen LogP contribution < -0.4 is 16.4 Å². The maximum atomic E-state index is 13.4. The average molecular weight is 524 g/mol. The van der Waals surface area contributed by atoms with Crippen LogP contribution in [0, 0.1) is 0 Å². The van der Waals surface area contributed by atoms with Crippen LogP contribution in [-0.4, -0.2) is 80.1 Å². The quantitative estimate of drug-likeness (QED) is 0.467. The number of H-pyrrole nitrogens is 1. The number of rotatable bonds is 5. The minimum atomic E-state index is -0.290. The van der Waals surface area contributed by atoms with E-state index in [2.05, 4.69) is 59.9 Å². The molecule has 0 saturated carbocycles. The van der Waals surface area contributed by atoms with Crippen molar-refractivity contribution in [3.8, 4) is 11.4 Å². The molecule has 0 aromatic carbocycles. The number of nitrogens with zero attached hydrogens (tertiary/aromatic N) is 5. The molecule has 5 heterocycles. The van der Waals surface area contributed by atoms with Crippen LogP contribution in [0.15, 0.2) is 17.3 Å². The highest BCUT2D eigenvalue weighted by molar-refractivity contribution is 8.02. The van der Waals surface area contributed by atoms with Gasteiger partial charge in [0.15, 0.2) is 5.50 Å². The number of nitrogen functional groups attached to an aromatic ring is 1. The average Bonchev–Trinajstić information content (AvgIpc) is 3.54. The molecule has 2 fully saturated rings. The third-order valence-corrected chi connectivity index (χ3v) is 9.12. The van der Waals surface area contributed by atoms with E-state index in [1.807, 2.05) is 0 Å². The summed E-state index contributed by atoms with van der Waals surface area (Å²) in [4.78, 5) is 27.2. The van der Waals surface area contributed by atoms with Crippen LogP contribution in [0.1, 0.15) is 67.6 Å². The van der Waals surface area contributed by atoms with Gasteiger partial charge >= 0.3 is 0 Å². The summed E-state index contributed by atoms with van der Waals surface area (Å²) < 4.78 is 0. The second-order valence-electron chi connectivity index (χ2n) is 11.4. The number of hydrogen-bond acceptors (Lipinski definition) is 9. The molecule has 11 heteroatoms. The standard InChI is InChI=1S/C26H37N9OS/c1-26(2)12-16-13-28-24(27)30-20(16)21-19(26)22(33-32-21)23(36)31-25-29-17(15-37-25)14-34-10-6-18(7-11-34)35-8-4-3-5-9-35/h13,15,18,25,29H,3-12,14H2,1-2H3,(H,31,36)(H,32,33)(H2,27,28,30). The van der Waals surface area contributed by atoms with Crippen molar-refractivity contribution in [1.29, 1.82) is 0 Å². The Labute approximate surface area is 222 Å². The van der Waals surface area contributed by atoms with Gasteiger partial charge in [-0.1, -0.05) is 32.0 Å². The lowest BCUT2D eigenvalue weighted by atomic mass is 9.73. The molecule has 1 aliphatic carbocycles. The first-order valence-corrected chi connectivity index (χ1v) is 14.4. The number of amides is 1. The number of thioether (sulfide) groups is 1. The fourth-order valence-corrected chi connectivity index (χ4v) is 7.19. The predicted molar refractivity (Wildman–Crippen MR) is 146 cm³/mol. The van der Waals surface area contributed by atoms with Crippen molar-refractivity contribution in [3.63, 3.8) is 0 Å². The van der Waals surface area contributed by atoms with Gasteiger partial charge in [-0.15, -0.1) is 0 Å². The number of anilines is 1. The van der Waals surface area contributed by atoms with Crippen molar-refractivity contribution in [2.45, 2.75) is 69.3 Å². The zero-order valence-electron chi connectivity index (χ0n) is 21.7. The first kappa shape index (κ1) is 24.7. The number of aromatic nitrogens is 4. The summed E-state index contributed by atoms with van der Waals surface area (Å²) in [6.07, 6.45) is 9.09. The molecule has 6 rings (SSSR count). The minimum Gasteiger partial charge on any atom is -0.368 e. The van der Waals surface area contributed by atoms with Crippen LogP contribution >= 0.6 is 11.8 Å². The number of carbonyl (C=O) groups excluding carboxylic acids is 1. The van der Waals surface area contributed by atoms with Gasteiger partial charge in [0.05, 0.1) is 5.69 Å². The van der Waals surface area contributed by atoms with Crippen LogP contribution in [0.5, 0.6) is 0 Å². The molecular weight excluding hydrogens is 486 g/mol. The number of likely N-dealkylation sites (tertiary alicyclic amines) is 2. The lowest BCUT2D eigenvalue weighted by Crippen LogP contribution is -2.48. The van der Waals surface area contributed by atoms with E-state index < -0.39 is 0 Å². The number of piperidine rings is 2. The first-order valence-electron chi connectivity index (χ1n) is 13.5. The van der Waals surface area contributed by atoms with E-state index in [0.29, 0.717) is 23.5 Å². The lowest BCUT2D eigenvalue weighted by molar-refractivity contribution is 0.0931. The van der Waals surface area contributed by atoms with Gasteiger partial charge in [-0.3, -0.25) is 14.8 Å². The molecule has 1 atom stereocenters. The summed E-state index contributed by atoms with van der Waals surface area (Å²) in [6.45, 7) is 9.96. The number of nitrogens with two attached hydrogens (primary N) is 1. The van der Waals surface area contributed by atoms with Crippen molar-refractivity contribution in [2.75, 3.05) is 38.5 Å². The topological polar surface area (TPSA) is 128 Å². The van der Waals surface area contributed by atoms with Crippen molar-refractivity contribution < 1.29 is 4.79 Å². The van der Waals surface area contributed by atoms with Crippen LogP contribution in [0.3, 0.4) is 0 Å².